The minimum atomic E-state index is -0.0797. The third-order valence-electron chi connectivity index (χ3n) is 4.09. The average molecular weight is 288 g/mol. The highest BCUT2D eigenvalue weighted by atomic mass is 16.3. The molecule has 1 unspecified atom stereocenters. The first-order chi connectivity index (χ1) is 10.2. The summed E-state index contributed by atoms with van der Waals surface area (Å²) in [6.07, 6.45) is 8.32. The van der Waals surface area contributed by atoms with Crippen molar-refractivity contribution in [2.24, 2.45) is 7.05 Å². The number of aliphatic hydroxyl groups is 1. The first-order valence-electron chi connectivity index (χ1n) is 7.29. The molecule has 112 valence electrons. The molecule has 2 aromatic heterocycles. The minimum absolute atomic E-state index is 0.0187. The molecule has 1 atom stereocenters. The molecular formula is C15H20N4O2. The molecule has 0 aromatic carbocycles. The molecule has 0 radical (unpaired) electrons. The number of rotatable bonds is 3. The Morgan fingerprint density at radius 1 is 1.38 bits per heavy atom. The smallest absolute Gasteiger partial charge is 0.259 e. The number of nitrogens with zero attached hydrogens (tertiary/aromatic N) is 4. The Balaban J connectivity index is 1.95. The molecule has 0 bridgehead atoms. The molecule has 3 heterocycles. The maximum Gasteiger partial charge on any atom is 0.259 e. The second kappa shape index (κ2) is 5.73. The Bertz CT molecular complexity index is 618. The normalized spacial score (nSPS) is 19.0. The first kappa shape index (κ1) is 13.9. The van der Waals surface area contributed by atoms with Crippen molar-refractivity contribution in [1.29, 1.82) is 0 Å². The number of amides is 1. The summed E-state index contributed by atoms with van der Waals surface area (Å²) in [6, 6.07) is 3.75. The van der Waals surface area contributed by atoms with Crippen LogP contribution in [0.25, 0.3) is 5.82 Å². The summed E-state index contributed by atoms with van der Waals surface area (Å²) in [6.45, 7) is 0.717. The van der Waals surface area contributed by atoms with E-state index < -0.39 is 0 Å². The fraction of sp³-hybridized carbons (Fsp3) is 0.467. The van der Waals surface area contributed by atoms with Crippen molar-refractivity contribution in [3.8, 4) is 5.82 Å². The quantitative estimate of drug-likeness (QED) is 0.923. The Kier molecular flexibility index (Phi) is 3.79. The summed E-state index contributed by atoms with van der Waals surface area (Å²) in [5.74, 6) is 0.706. The van der Waals surface area contributed by atoms with E-state index in [4.69, 9.17) is 0 Å². The van der Waals surface area contributed by atoms with E-state index in [0.717, 1.165) is 25.1 Å². The van der Waals surface area contributed by atoms with Crippen molar-refractivity contribution in [2.75, 3.05) is 13.2 Å². The van der Waals surface area contributed by atoms with E-state index in [-0.39, 0.29) is 18.6 Å². The van der Waals surface area contributed by atoms with Gasteiger partial charge in [0.15, 0.2) is 0 Å². The molecule has 1 saturated heterocycles. The highest BCUT2D eigenvalue weighted by Gasteiger charge is 2.29. The minimum Gasteiger partial charge on any atom is -0.394 e. The third-order valence-corrected chi connectivity index (χ3v) is 4.09. The molecule has 1 aliphatic rings. The molecule has 1 fully saturated rings. The van der Waals surface area contributed by atoms with Crippen molar-refractivity contribution in [3.05, 3.63) is 36.3 Å². The van der Waals surface area contributed by atoms with Crippen molar-refractivity contribution in [2.45, 2.75) is 25.3 Å². The van der Waals surface area contributed by atoms with Gasteiger partial charge >= 0.3 is 0 Å². The van der Waals surface area contributed by atoms with Crippen molar-refractivity contribution >= 4 is 5.91 Å². The van der Waals surface area contributed by atoms with E-state index in [9.17, 15) is 9.90 Å². The summed E-state index contributed by atoms with van der Waals surface area (Å²) >= 11 is 0. The SMILES string of the molecule is Cn1ncc(C(=O)N2CCCCC2CO)c1-n1cccc1. The van der Waals surface area contributed by atoms with Gasteiger partial charge in [-0.05, 0) is 31.4 Å². The summed E-state index contributed by atoms with van der Waals surface area (Å²) in [5.41, 5.74) is 0.578. The Morgan fingerprint density at radius 3 is 2.86 bits per heavy atom. The van der Waals surface area contributed by atoms with Gasteiger partial charge in [-0.15, -0.1) is 0 Å². The van der Waals surface area contributed by atoms with Gasteiger partial charge in [0, 0.05) is 26.0 Å². The van der Waals surface area contributed by atoms with Crippen LogP contribution in [0.15, 0.2) is 30.7 Å². The van der Waals surface area contributed by atoms with Crippen LogP contribution in [0.1, 0.15) is 29.6 Å². The number of aryl methyl sites for hydroxylation is 1. The van der Waals surface area contributed by atoms with Crippen molar-refractivity contribution in [1.82, 2.24) is 19.2 Å². The van der Waals surface area contributed by atoms with Crippen LogP contribution < -0.4 is 0 Å². The van der Waals surface area contributed by atoms with Gasteiger partial charge in [0.2, 0.25) is 0 Å². The molecule has 6 nitrogen and oxygen atoms in total. The van der Waals surface area contributed by atoms with Gasteiger partial charge < -0.3 is 14.6 Å². The number of carbonyl (C=O) groups excluding carboxylic acids is 1. The zero-order valence-electron chi connectivity index (χ0n) is 12.1. The molecule has 6 heteroatoms. The Labute approximate surface area is 123 Å². The van der Waals surface area contributed by atoms with Gasteiger partial charge in [-0.25, -0.2) is 0 Å². The van der Waals surface area contributed by atoms with Crippen molar-refractivity contribution in [3.63, 3.8) is 0 Å². The molecule has 1 N–H and O–H groups in total. The predicted octanol–water partition coefficient (Wildman–Crippen LogP) is 1.20. The molecule has 1 aliphatic heterocycles. The lowest BCUT2D eigenvalue weighted by atomic mass is 10.0. The van der Waals surface area contributed by atoms with Gasteiger partial charge in [-0.2, -0.15) is 5.10 Å². The summed E-state index contributed by atoms with van der Waals surface area (Å²) < 4.78 is 3.59. The topological polar surface area (TPSA) is 63.3 Å². The van der Waals surface area contributed by atoms with Crippen LogP contribution in [0.3, 0.4) is 0 Å². The van der Waals surface area contributed by atoms with Gasteiger partial charge in [0.1, 0.15) is 11.4 Å². The number of aliphatic hydroxyl groups excluding tert-OH is 1. The largest absolute Gasteiger partial charge is 0.394 e. The molecule has 2 aromatic rings. The maximum atomic E-state index is 12.8. The molecule has 1 amide bonds. The fourth-order valence-corrected chi connectivity index (χ4v) is 2.98. The van der Waals surface area contributed by atoms with Crippen LogP contribution in [0, 0.1) is 0 Å². The van der Waals surface area contributed by atoms with Crippen LogP contribution in [-0.2, 0) is 7.05 Å². The molecular weight excluding hydrogens is 268 g/mol. The average Bonchev–Trinajstić information content (AvgIpc) is 3.15. The second-order valence-electron chi connectivity index (χ2n) is 5.43. The molecule has 0 spiro atoms. The van der Waals surface area contributed by atoms with E-state index in [2.05, 4.69) is 5.10 Å². The van der Waals surface area contributed by atoms with Gasteiger partial charge in [0.25, 0.3) is 5.91 Å². The van der Waals surface area contributed by atoms with Gasteiger partial charge in [-0.1, -0.05) is 0 Å². The molecule has 0 saturated carbocycles. The second-order valence-corrected chi connectivity index (χ2v) is 5.43. The van der Waals surface area contributed by atoms with Crippen molar-refractivity contribution < 1.29 is 9.90 Å². The van der Waals surface area contributed by atoms with Crippen LogP contribution in [-0.4, -0.2) is 49.5 Å². The van der Waals surface area contributed by atoms with E-state index in [1.165, 1.54) is 0 Å². The van der Waals surface area contributed by atoms with Gasteiger partial charge in [0.05, 0.1) is 18.8 Å². The highest BCUT2D eigenvalue weighted by Crippen LogP contribution is 2.22. The lowest BCUT2D eigenvalue weighted by Crippen LogP contribution is -2.45. The van der Waals surface area contributed by atoms with E-state index in [0.29, 0.717) is 12.1 Å². The number of hydrogen-bond acceptors (Lipinski definition) is 3. The number of carbonyl (C=O) groups is 1. The van der Waals surface area contributed by atoms with E-state index >= 15 is 0 Å². The van der Waals surface area contributed by atoms with E-state index in [1.807, 2.05) is 36.1 Å². The number of likely N-dealkylation sites (tertiary alicyclic amines) is 1. The first-order valence-corrected chi connectivity index (χ1v) is 7.29. The Hall–Kier alpha value is -2.08. The lowest BCUT2D eigenvalue weighted by molar-refractivity contribution is 0.0503. The molecule has 0 aliphatic carbocycles. The van der Waals surface area contributed by atoms with Crippen LogP contribution in [0.2, 0.25) is 0 Å². The van der Waals surface area contributed by atoms with Crippen LogP contribution in [0.4, 0.5) is 0 Å². The Morgan fingerprint density at radius 2 is 2.14 bits per heavy atom. The maximum absolute atomic E-state index is 12.8. The molecule has 21 heavy (non-hydrogen) atoms. The third kappa shape index (κ3) is 2.47. The van der Waals surface area contributed by atoms with Crippen LogP contribution >= 0.6 is 0 Å². The summed E-state index contributed by atoms with van der Waals surface area (Å²) in [7, 11) is 1.83. The lowest BCUT2D eigenvalue weighted by Gasteiger charge is -2.34. The van der Waals surface area contributed by atoms with Gasteiger partial charge in [-0.3, -0.25) is 9.48 Å². The predicted molar refractivity (Wildman–Crippen MR) is 78.3 cm³/mol. The molecule has 3 rings (SSSR count). The monoisotopic (exact) mass is 288 g/mol. The van der Waals surface area contributed by atoms with E-state index in [1.54, 1.807) is 15.8 Å². The zero-order valence-corrected chi connectivity index (χ0v) is 12.1. The number of piperidine rings is 1. The summed E-state index contributed by atoms with van der Waals surface area (Å²) in [4.78, 5) is 14.6. The van der Waals surface area contributed by atoms with Crippen LogP contribution in [0.5, 0.6) is 0 Å². The summed E-state index contributed by atoms with van der Waals surface area (Å²) in [5, 5.41) is 13.7. The highest BCUT2D eigenvalue weighted by molar-refractivity contribution is 5.97. The zero-order chi connectivity index (χ0) is 14.8. The number of hydrogen-bond donors (Lipinski definition) is 1. The standard InChI is InChI=1S/C15H20N4O2/c1-17-14(18-7-4-5-8-18)13(10-16-17)15(21)19-9-3-2-6-12(19)11-20/h4-5,7-8,10,12,20H,2-3,6,9,11H2,1H3. The number of aromatic nitrogens is 3. The fourth-order valence-electron chi connectivity index (χ4n) is 2.98.